The lowest BCUT2D eigenvalue weighted by Gasteiger charge is -2.20. The van der Waals surface area contributed by atoms with Crippen molar-refractivity contribution < 1.29 is 4.74 Å². The van der Waals surface area contributed by atoms with E-state index < -0.39 is 0 Å². The third kappa shape index (κ3) is 6.42. The highest BCUT2D eigenvalue weighted by Gasteiger charge is 2.13. The van der Waals surface area contributed by atoms with Crippen molar-refractivity contribution in [2.45, 2.75) is 45.6 Å². The molecule has 0 aliphatic carbocycles. The van der Waals surface area contributed by atoms with Gasteiger partial charge in [0.25, 0.3) is 0 Å². The van der Waals surface area contributed by atoms with Crippen molar-refractivity contribution >= 4 is 31.9 Å². The number of hydrogen-bond donors (Lipinski definition) is 0. The van der Waals surface area contributed by atoms with Gasteiger partial charge >= 0.3 is 0 Å². The summed E-state index contributed by atoms with van der Waals surface area (Å²) in [7, 11) is 0. The first kappa shape index (κ1) is 17.2. The van der Waals surface area contributed by atoms with Crippen LogP contribution in [0.1, 0.15) is 51.2 Å². The van der Waals surface area contributed by atoms with Crippen LogP contribution in [-0.2, 0) is 4.74 Å². The summed E-state index contributed by atoms with van der Waals surface area (Å²) in [4.78, 5) is 0. The Morgan fingerprint density at radius 3 is 2.37 bits per heavy atom. The van der Waals surface area contributed by atoms with Gasteiger partial charge < -0.3 is 4.74 Å². The van der Waals surface area contributed by atoms with Gasteiger partial charge in [-0.25, -0.2) is 0 Å². The second kappa shape index (κ2) is 9.95. The first-order valence-corrected chi connectivity index (χ1v) is 9.05. The molecule has 19 heavy (non-hydrogen) atoms. The van der Waals surface area contributed by atoms with Crippen molar-refractivity contribution in [3.8, 4) is 0 Å². The maximum absolute atomic E-state index is 6.11. The van der Waals surface area contributed by atoms with Crippen molar-refractivity contribution in [1.29, 1.82) is 0 Å². The van der Waals surface area contributed by atoms with Gasteiger partial charge in [-0.2, -0.15) is 0 Å². The lowest BCUT2D eigenvalue weighted by molar-refractivity contribution is 0.0393. The lowest BCUT2D eigenvalue weighted by atomic mass is 10.0. The fourth-order valence-electron chi connectivity index (χ4n) is 2.06. The van der Waals surface area contributed by atoms with Crippen LogP contribution in [0, 0.1) is 5.92 Å². The molecule has 0 bridgehead atoms. The quantitative estimate of drug-likeness (QED) is 0.460. The third-order valence-corrected chi connectivity index (χ3v) is 4.58. The van der Waals surface area contributed by atoms with Gasteiger partial charge in [0.15, 0.2) is 0 Å². The van der Waals surface area contributed by atoms with E-state index in [1.807, 2.05) is 0 Å². The molecule has 0 saturated carbocycles. The Labute approximate surface area is 134 Å². The Morgan fingerprint density at radius 2 is 1.84 bits per heavy atom. The minimum Gasteiger partial charge on any atom is -0.372 e. The summed E-state index contributed by atoms with van der Waals surface area (Å²) in [6, 6.07) is 8.40. The Hall–Kier alpha value is 0.140. The monoisotopic (exact) mass is 390 g/mol. The molecular formula is C16H24Br2O. The van der Waals surface area contributed by atoms with E-state index in [0.29, 0.717) is 5.92 Å². The van der Waals surface area contributed by atoms with Gasteiger partial charge in [-0.05, 0) is 30.0 Å². The second-order valence-electron chi connectivity index (χ2n) is 4.94. The number of hydrogen-bond acceptors (Lipinski definition) is 1. The first-order valence-electron chi connectivity index (χ1n) is 7.14. The summed E-state index contributed by atoms with van der Waals surface area (Å²) in [5.41, 5.74) is 1.24. The number of unbranched alkanes of at least 4 members (excludes halogenated alkanes) is 1. The van der Waals surface area contributed by atoms with Crippen molar-refractivity contribution in [3.63, 3.8) is 0 Å². The minimum absolute atomic E-state index is 0.156. The molecule has 0 spiro atoms. The molecule has 0 heterocycles. The molecule has 0 amide bonds. The molecule has 1 rings (SSSR count). The Balaban J connectivity index is 2.49. The number of ether oxygens (including phenoxy) is 1. The van der Waals surface area contributed by atoms with E-state index in [1.54, 1.807) is 0 Å². The summed E-state index contributed by atoms with van der Waals surface area (Å²) < 4.78 is 7.22. The molecule has 2 atom stereocenters. The molecule has 1 nitrogen and oxygen atoms in total. The van der Waals surface area contributed by atoms with E-state index in [-0.39, 0.29) is 6.10 Å². The number of alkyl halides is 1. The van der Waals surface area contributed by atoms with E-state index in [1.165, 1.54) is 31.2 Å². The van der Waals surface area contributed by atoms with Crippen molar-refractivity contribution in [2.75, 3.05) is 11.9 Å². The van der Waals surface area contributed by atoms with Gasteiger partial charge in [0.05, 0.1) is 12.7 Å². The highest BCUT2D eigenvalue weighted by molar-refractivity contribution is 9.10. The molecule has 0 aliphatic rings. The average Bonchev–Trinajstić information content (AvgIpc) is 2.44. The van der Waals surface area contributed by atoms with E-state index in [0.717, 1.165) is 16.4 Å². The summed E-state index contributed by atoms with van der Waals surface area (Å²) in [5.74, 6) is 0.692. The van der Waals surface area contributed by atoms with Crippen LogP contribution in [0.3, 0.4) is 0 Å². The molecule has 0 radical (unpaired) electrons. The standard InChI is InChI=1S/C16H24Br2O/c1-3-5-6-13(4-2)12-19-16(11-17)14-7-9-15(18)10-8-14/h7-10,13,16H,3-6,11-12H2,1-2H3. The van der Waals surface area contributed by atoms with Gasteiger partial charge in [0.2, 0.25) is 0 Å². The smallest absolute Gasteiger partial charge is 0.0921 e. The highest BCUT2D eigenvalue weighted by Crippen LogP contribution is 2.24. The minimum atomic E-state index is 0.156. The van der Waals surface area contributed by atoms with Crippen LogP contribution in [0.15, 0.2) is 28.7 Å². The Bertz CT molecular complexity index is 337. The molecular weight excluding hydrogens is 368 g/mol. The fourth-order valence-corrected chi connectivity index (χ4v) is 2.88. The van der Waals surface area contributed by atoms with Crippen molar-refractivity contribution in [2.24, 2.45) is 5.92 Å². The zero-order chi connectivity index (χ0) is 14.1. The van der Waals surface area contributed by atoms with Crippen LogP contribution < -0.4 is 0 Å². The van der Waals surface area contributed by atoms with Gasteiger partial charge in [0.1, 0.15) is 0 Å². The number of halogens is 2. The molecule has 0 fully saturated rings. The van der Waals surface area contributed by atoms with Gasteiger partial charge in [0, 0.05) is 9.80 Å². The average molecular weight is 392 g/mol. The molecule has 0 aliphatic heterocycles. The normalized spacial score (nSPS) is 14.3. The summed E-state index contributed by atoms with van der Waals surface area (Å²) in [6.07, 6.45) is 5.21. The van der Waals surface area contributed by atoms with Crippen LogP contribution in [-0.4, -0.2) is 11.9 Å². The first-order chi connectivity index (χ1) is 9.21. The lowest BCUT2D eigenvalue weighted by Crippen LogP contribution is -2.14. The maximum atomic E-state index is 6.11. The molecule has 108 valence electrons. The molecule has 2 unspecified atom stereocenters. The molecule has 1 aromatic rings. The molecule has 3 heteroatoms. The molecule has 0 N–H and O–H groups in total. The second-order valence-corrected chi connectivity index (χ2v) is 6.51. The SMILES string of the molecule is CCCCC(CC)COC(CBr)c1ccc(Br)cc1. The number of rotatable bonds is 9. The van der Waals surface area contributed by atoms with Gasteiger partial charge in [-0.3, -0.25) is 0 Å². The van der Waals surface area contributed by atoms with Gasteiger partial charge in [-0.15, -0.1) is 0 Å². The Kier molecular flexibility index (Phi) is 9.01. The summed E-state index contributed by atoms with van der Waals surface area (Å²) in [5, 5.41) is 0.846. The van der Waals surface area contributed by atoms with Crippen LogP contribution in [0.5, 0.6) is 0 Å². The van der Waals surface area contributed by atoms with E-state index in [4.69, 9.17) is 4.74 Å². The van der Waals surface area contributed by atoms with Crippen LogP contribution in [0.4, 0.5) is 0 Å². The van der Waals surface area contributed by atoms with E-state index in [9.17, 15) is 0 Å². The third-order valence-electron chi connectivity index (χ3n) is 3.46. The van der Waals surface area contributed by atoms with Crippen LogP contribution >= 0.6 is 31.9 Å². The topological polar surface area (TPSA) is 9.23 Å². The summed E-state index contributed by atoms with van der Waals surface area (Å²) in [6.45, 7) is 5.37. The van der Waals surface area contributed by atoms with E-state index >= 15 is 0 Å². The highest BCUT2D eigenvalue weighted by atomic mass is 79.9. The molecule has 0 aromatic heterocycles. The van der Waals surface area contributed by atoms with E-state index in [2.05, 4.69) is 70.0 Å². The van der Waals surface area contributed by atoms with Crippen molar-refractivity contribution in [3.05, 3.63) is 34.3 Å². The molecule has 0 saturated heterocycles. The molecule has 1 aromatic carbocycles. The largest absolute Gasteiger partial charge is 0.372 e. The fraction of sp³-hybridized carbons (Fsp3) is 0.625. The summed E-state index contributed by atoms with van der Waals surface area (Å²) >= 11 is 7.02. The van der Waals surface area contributed by atoms with Gasteiger partial charge in [-0.1, -0.05) is 77.1 Å². The maximum Gasteiger partial charge on any atom is 0.0921 e. The van der Waals surface area contributed by atoms with Crippen molar-refractivity contribution in [1.82, 2.24) is 0 Å². The zero-order valence-electron chi connectivity index (χ0n) is 11.9. The van der Waals surface area contributed by atoms with Crippen LogP contribution in [0.2, 0.25) is 0 Å². The number of benzene rings is 1. The predicted octanol–water partition coefficient (Wildman–Crippen LogP) is 6.12. The predicted molar refractivity (Wildman–Crippen MR) is 89.9 cm³/mol. The zero-order valence-corrected chi connectivity index (χ0v) is 15.0. The van der Waals surface area contributed by atoms with Crippen LogP contribution in [0.25, 0.3) is 0 Å². The Morgan fingerprint density at radius 1 is 1.16 bits per heavy atom.